The Labute approximate surface area is 128 Å². The van der Waals surface area contributed by atoms with Crippen LogP contribution in [0.1, 0.15) is 16.8 Å². The molecule has 0 radical (unpaired) electrons. The van der Waals surface area contributed by atoms with Gasteiger partial charge in [0, 0.05) is 22.3 Å². The fourth-order valence-corrected chi connectivity index (χ4v) is 2.59. The van der Waals surface area contributed by atoms with Crippen LogP contribution >= 0.6 is 0 Å². The number of rotatable bonds is 3. The molecule has 0 bridgehead atoms. The molecule has 3 rings (SSSR count). The topological polar surface area (TPSA) is 68.7 Å². The lowest BCUT2D eigenvalue weighted by atomic mass is 10.1. The molecule has 0 aliphatic rings. The summed E-state index contributed by atoms with van der Waals surface area (Å²) in [4.78, 5) is 15.6. The van der Waals surface area contributed by atoms with E-state index in [-0.39, 0.29) is 5.91 Å². The Kier molecular flexibility index (Phi) is 3.63. The Morgan fingerprint density at radius 2 is 2.05 bits per heavy atom. The van der Waals surface area contributed by atoms with Crippen molar-refractivity contribution in [2.75, 3.05) is 5.32 Å². The van der Waals surface area contributed by atoms with Gasteiger partial charge in [-0.15, -0.1) is 0 Å². The molecule has 2 aromatic carbocycles. The van der Waals surface area contributed by atoms with E-state index in [1.165, 1.54) is 0 Å². The minimum Gasteiger partial charge on any atom is -0.358 e. The molecule has 0 saturated carbocycles. The van der Waals surface area contributed by atoms with Crippen molar-refractivity contribution in [1.82, 2.24) is 4.98 Å². The molecular weight excluding hydrogens is 274 g/mol. The van der Waals surface area contributed by atoms with Crippen LogP contribution in [0.25, 0.3) is 10.9 Å². The molecule has 0 fully saturated rings. The van der Waals surface area contributed by atoms with Crippen LogP contribution < -0.4 is 5.32 Å². The van der Waals surface area contributed by atoms with E-state index < -0.39 is 0 Å². The van der Waals surface area contributed by atoms with Gasteiger partial charge in [-0.3, -0.25) is 4.79 Å². The predicted octanol–water partition coefficient (Wildman–Crippen LogP) is 3.53. The van der Waals surface area contributed by atoms with Crippen molar-refractivity contribution in [2.24, 2.45) is 0 Å². The summed E-state index contributed by atoms with van der Waals surface area (Å²) in [6, 6.07) is 16.9. The van der Waals surface area contributed by atoms with Crippen LogP contribution in [-0.2, 0) is 11.2 Å². The van der Waals surface area contributed by atoms with E-state index in [0.29, 0.717) is 17.7 Å². The summed E-state index contributed by atoms with van der Waals surface area (Å²) in [5, 5.41) is 12.8. The van der Waals surface area contributed by atoms with Gasteiger partial charge in [0.25, 0.3) is 0 Å². The smallest absolute Gasteiger partial charge is 0.228 e. The van der Waals surface area contributed by atoms with E-state index in [2.05, 4.69) is 16.4 Å². The number of aryl methyl sites for hydroxylation is 1. The number of aromatic amines is 1. The summed E-state index contributed by atoms with van der Waals surface area (Å²) >= 11 is 0. The summed E-state index contributed by atoms with van der Waals surface area (Å²) in [5.41, 5.74) is 4.21. The molecule has 0 aliphatic carbocycles. The van der Waals surface area contributed by atoms with Crippen LogP contribution in [0.15, 0.2) is 48.5 Å². The number of hydrogen-bond acceptors (Lipinski definition) is 2. The fraction of sp³-hybridized carbons (Fsp3) is 0.111. The summed E-state index contributed by atoms with van der Waals surface area (Å²) < 4.78 is 0. The van der Waals surface area contributed by atoms with Crippen molar-refractivity contribution >= 4 is 22.5 Å². The molecule has 0 saturated heterocycles. The molecule has 1 heterocycles. The van der Waals surface area contributed by atoms with Gasteiger partial charge in [0.05, 0.1) is 18.1 Å². The first kappa shape index (κ1) is 13.9. The maximum atomic E-state index is 12.3. The summed E-state index contributed by atoms with van der Waals surface area (Å²) in [6.07, 6.45) is 0.298. The minimum absolute atomic E-state index is 0.0945. The maximum absolute atomic E-state index is 12.3. The van der Waals surface area contributed by atoms with Crippen LogP contribution in [0, 0.1) is 18.3 Å². The molecule has 3 aromatic rings. The van der Waals surface area contributed by atoms with Gasteiger partial charge < -0.3 is 10.3 Å². The number of nitrogens with zero attached hydrogens (tertiary/aromatic N) is 1. The van der Waals surface area contributed by atoms with Gasteiger partial charge in [-0.2, -0.15) is 5.26 Å². The number of fused-ring (bicyclic) bond motifs is 1. The first-order chi connectivity index (χ1) is 10.7. The molecule has 4 heteroatoms. The summed E-state index contributed by atoms with van der Waals surface area (Å²) in [7, 11) is 0. The summed E-state index contributed by atoms with van der Waals surface area (Å²) in [6.45, 7) is 1.97. The van der Waals surface area contributed by atoms with Crippen molar-refractivity contribution in [2.45, 2.75) is 13.3 Å². The molecule has 0 spiro atoms. The highest BCUT2D eigenvalue weighted by atomic mass is 16.1. The molecule has 2 N–H and O–H groups in total. The number of carbonyl (C=O) groups is 1. The highest BCUT2D eigenvalue weighted by Gasteiger charge is 2.12. The molecule has 0 atom stereocenters. The van der Waals surface area contributed by atoms with Crippen molar-refractivity contribution in [1.29, 1.82) is 5.26 Å². The highest BCUT2D eigenvalue weighted by Crippen LogP contribution is 2.22. The van der Waals surface area contributed by atoms with Gasteiger partial charge in [-0.1, -0.05) is 24.3 Å². The number of hydrogen-bond donors (Lipinski definition) is 2. The molecule has 0 aliphatic heterocycles. The Morgan fingerprint density at radius 1 is 1.23 bits per heavy atom. The molecule has 4 nitrogen and oxygen atoms in total. The fourth-order valence-electron chi connectivity index (χ4n) is 2.59. The second-order valence-electron chi connectivity index (χ2n) is 5.19. The zero-order valence-electron chi connectivity index (χ0n) is 12.2. The van der Waals surface area contributed by atoms with Gasteiger partial charge >= 0.3 is 0 Å². The number of benzene rings is 2. The van der Waals surface area contributed by atoms with Crippen molar-refractivity contribution in [3.8, 4) is 6.07 Å². The standard InChI is InChI=1S/C18H15N3O/c1-12-16(15-7-2-3-8-17(15)20-12)10-18(22)21-14-6-4-5-13(9-14)11-19/h2-9,20H,10H2,1H3,(H,21,22). The van der Waals surface area contributed by atoms with Crippen LogP contribution in [0.3, 0.4) is 0 Å². The van der Waals surface area contributed by atoms with Crippen molar-refractivity contribution < 1.29 is 4.79 Å². The minimum atomic E-state index is -0.0945. The monoisotopic (exact) mass is 289 g/mol. The molecule has 0 unspecified atom stereocenters. The van der Waals surface area contributed by atoms with E-state index >= 15 is 0 Å². The lowest BCUT2D eigenvalue weighted by Gasteiger charge is -2.06. The Bertz CT molecular complexity index is 887. The van der Waals surface area contributed by atoms with Crippen LogP contribution in [-0.4, -0.2) is 10.9 Å². The van der Waals surface area contributed by atoms with Gasteiger partial charge in [0.1, 0.15) is 0 Å². The lowest BCUT2D eigenvalue weighted by molar-refractivity contribution is -0.115. The van der Waals surface area contributed by atoms with Gasteiger partial charge in [-0.05, 0) is 36.8 Å². The van der Waals surface area contributed by atoms with Crippen molar-refractivity contribution in [3.63, 3.8) is 0 Å². The Morgan fingerprint density at radius 3 is 2.86 bits per heavy atom. The van der Waals surface area contributed by atoms with Crippen LogP contribution in [0.4, 0.5) is 5.69 Å². The maximum Gasteiger partial charge on any atom is 0.228 e. The third-order valence-electron chi connectivity index (χ3n) is 3.64. The van der Waals surface area contributed by atoms with Crippen LogP contribution in [0.5, 0.6) is 0 Å². The zero-order chi connectivity index (χ0) is 15.5. The highest BCUT2D eigenvalue weighted by molar-refractivity contribution is 5.96. The number of nitrogens with one attached hydrogen (secondary N) is 2. The van der Waals surface area contributed by atoms with E-state index in [1.54, 1.807) is 24.3 Å². The largest absolute Gasteiger partial charge is 0.358 e. The zero-order valence-corrected chi connectivity index (χ0v) is 12.2. The number of H-pyrrole nitrogens is 1. The number of nitriles is 1. The first-order valence-corrected chi connectivity index (χ1v) is 7.03. The second kappa shape index (κ2) is 5.74. The predicted molar refractivity (Wildman–Crippen MR) is 86.5 cm³/mol. The summed E-state index contributed by atoms with van der Waals surface area (Å²) in [5.74, 6) is -0.0945. The average Bonchev–Trinajstić information content (AvgIpc) is 2.83. The van der Waals surface area contributed by atoms with Gasteiger partial charge in [-0.25, -0.2) is 0 Å². The number of para-hydroxylation sites is 1. The normalized spacial score (nSPS) is 10.4. The Hall–Kier alpha value is -3.06. The SMILES string of the molecule is Cc1[nH]c2ccccc2c1CC(=O)Nc1cccc(C#N)c1. The number of amides is 1. The second-order valence-corrected chi connectivity index (χ2v) is 5.19. The van der Waals surface area contributed by atoms with E-state index in [4.69, 9.17) is 5.26 Å². The average molecular weight is 289 g/mol. The third kappa shape index (κ3) is 2.70. The van der Waals surface area contributed by atoms with E-state index in [1.807, 2.05) is 31.2 Å². The molecule has 1 amide bonds. The number of carbonyl (C=O) groups excluding carboxylic acids is 1. The van der Waals surface area contributed by atoms with Crippen molar-refractivity contribution in [3.05, 3.63) is 65.4 Å². The molecular formula is C18H15N3O. The molecule has 22 heavy (non-hydrogen) atoms. The number of anilines is 1. The molecule has 108 valence electrons. The lowest BCUT2D eigenvalue weighted by Crippen LogP contribution is -2.14. The quantitative estimate of drug-likeness (QED) is 0.774. The Balaban J connectivity index is 1.81. The van der Waals surface area contributed by atoms with E-state index in [0.717, 1.165) is 22.2 Å². The number of aromatic nitrogens is 1. The van der Waals surface area contributed by atoms with Crippen LogP contribution in [0.2, 0.25) is 0 Å². The first-order valence-electron chi connectivity index (χ1n) is 7.03. The third-order valence-corrected chi connectivity index (χ3v) is 3.64. The molecule has 1 aromatic heterocycles. The van der Waals surface area contributed by atoms with E-state index in [9.17, 15) is 4.79 Å². The van der Waals surface area contributed by atoms with Gasteiger partial charge in [0.2, 0.25) is 5.91 Å². The van der Waals surface area contributed by atoms with Gasteiger partial charge in [0.15, 0.2) is 0 Å².